The normalized spacial score (nSPS) is 19.3. The van der Waals surface area contributed by atoms with Crippen LogP contribution in [0.3, 0.4) is 0 Å². The number of benzene rings is 2. The Hall–Kier alpha value is -3.52. The van der Waals surface area contributed by atoms with Crippen LogP contribution >= 0.6 is 0 Å². The molecule has 2 aromatic carbocycles. The van der Waals surface area contributed by atoms with Gasteiger partial charge in [0.2, 0.25) is 23.5 Å². The first-order valence-corrected chi connectivity index (χ1v) is 12.3. The van der Waals surface area contributed by atoms with Crippen LogP contribution in [-0.2, 0) is 16.0 Å². The Bertz CT molecular complexity index is 1190. The van der Waals surface area contributed by atoms with Crippen LogP contribution in [0.15, 0.2) is 59.1 Å². The maximum absolute atomic E-state index is 13.3. The quantitative estimate of drug-likeness (QED) is 0.564. The number of piperazine rings is 1. The SMILES string of the molecule is CC(=O)N1CCc2ccccc2C1CC(=O)N1CCN(C(C)c2nc(-c3ccccc3)no2)CC1. The van der Waals surface area contributed by atoms with Gasteiger partial charge in [-0.05, 0) is 24.5 Å². The third kappa shape index (κ3) is 4.84. The molecule has 0 aliphatic carbocycles. The Balaban J connectivity index is 1.21. The van der Waals surface area contributed by atoms with Crippen molar-refractivity contribution in [2.45, 2.75) is 38.8 Å². The van der Waals surface area contributed by atoms with E-state index in [0.717, 1.165) is 30.6 Å². The standard InChI is InChI=1S/C27H31N5O3/c1-19(27-28-26(29-35-27)22-9-4-3-5-10-22)30-14-16-31(17-15-30)25(34)18-24-23-11-7-6-8-21(23)12-13-32(24)20(2)33/h3-11,19,24H,12-18H2,1-2H3. The van der Waals surface area contributed by atoms with Gasteiger partial charge in [0.25, 0.3) is 0 Å². The Kier molecular flexibility index (Phi) is 6.63. The maximum atomic E-state index is 13.3. The van der Waals surface area contributed by atoms with Crippen molar-refractivity contribution >= 4 is 11.8 Å². The first kappa shape index (κ1) is 23.2. The lowest BCUT2D eigenvalue weighted by molar-refractivity contribution is -0.138. The predicted octanol–water partition coefficient (Wildman–Crippen LogP) is 3.48. The highest BCUT2D eigenvalue weighted by molar-refractivity contribution is 5.80. The van der Waals surface area contributed by atoms with E-state index in [1.807, 2.05) is 52.3 Å². The van der Waals surface area contributed by atoms with E-state index in [2.05, 4.69) is 34.1 Å². The molecule has 0 spiro atoms. The number of nitrogens with zero attached hydrogens (tertiary/aromatic N) is 5. The van der Waals surface area contributed by atoms with E-state index in [4.69, 9.17) is 4.52 Å². The molecule has 1 fully saturated rings. The largest absolute Gasteiger partial charge is 0.340 e. The number of aromatic nitrogens is 2. The maximum Gasteiger partial charge on any atom is 0.244 e. The number of fused-ring (bicyclic) bond motifs is 1. The second kappa shape index (κ2) is 10.00. The molecule has 3 heterocycles. The van der Waals surface area contributed by atoms with E-state index in [1.54, 1.807) is 6.92 Å². The van der Waals surface area contributed by atoms with Crippen LogP contribution in [0.4, 0.5) is 0 Å². The molecule has 0 radical (unpaired) electrons. The lowest BCUT2D eigenvalue weighted by atomic mass is 9.90. The summed E-state index contributed by atoms with van der Waals surface area (Å²) in [6, 6.07) is 17.7. The minimum absolute atomic E-state index is 0.0189. The van der Waals surface area contributed by atoms with E-state index in [0.29, 0.717) is 37.8 Å². The monoisotopic (exact) mass is 473 g/mol. The zero-order valence-electron chi connectivity index (χ0n) is 20.3. The van der Waals surface area contributed by atoms with Crippen LogP contribution in [0.5, 0.6) is 0 Å². The summed E-state index contributed by atoms with van der Waals surface area (Å²) in [7, 11) is 0. The van der Waals surface area contributed by atoms with Gasteiger partial charge in [0.15, 0.2) is 0 Å². The van der Waals surface area contributed by atoms with Crippen molar-refractivity contribution in [3.63, 3.8) is 0 Å². The minimum Gasteiger partial charge on any atom is -0.340 e. The molecule has 2 unspecified atom stereocenters. The molecule has 35 heavy (non-hydrogen) atoms. The summed E-state index contributed by atoms with van der Waals surface area (Å²) in [4.78, 5) is 36.2. The lowest BCUT2D eigenvalue weighted by Gasteiger charge is -2.40. The van der Waals surface area contributed by atoms with E-state index in [-0.39, 0.29) is 23.9 Å². The fraction of sp³-hybridized carbons (Fsp3) is 0.407. The van der Waals surface area contributed by atoms with Crippen LogP contribution < -0.4 is 0 Å². The highest BCUT2D eigenvalue weighted by atomic mass is 16.5. The highest BCUT2D eigenvalue weighted by Gasteiger charge is 2.33. The summed E-state index contributed by atoms with van der Waals surface area (Å²) in [6.07, 6.45) is 1.15. The Morgan fingerprint density at radius 2 is 1.71 bits per heavy atom. The van der Waals surface area contributed by atoms with Crippen molar-refractivity contribution in [1.82, 2.24) is 24.8 Å². The van der Waals surface area contributed by atoms with Gasteiger partial charge in [-0.3, -0.25) is 14.5 Å². The van der Waals surface area contributed by atoms with Crippen molar-refractivity contribution in [2.75, 3.05) is 32.7 Å². The molecule has 8 heteroatoms. The number of rotatable bonds is 5. The Morgan fingerprint density at radius 3 is 2.46 bits per heavy atom. The zero-order chi connectivity index (χ0) is 24.4. The number of hydrogen-bond donors (Lipinski definition) is 0. The molecule has 2 amide bonds. The van der Waals surface area contributed by atoms with Gasteiger partial charge >= 0.3 is 0 Å². The molecule has 3 aromatic rings. The van der Waals surface area contributed by atoms with Gasteiger partial charge in [0.05, 0.1) is 18.5 Å². The molecule has 182 valence electrons. The van der Waals surface area contributed by atoms with E-state index in [9.17, 15) is 9.59 Å². The van der Waals surface area contributed by atoms with Gasteiger partial charge in [-0.25, -0.2) is 0 Å². The topological polar surface area (TPSA) is 82.8 Å². The molecule has 2 aliphatic heterocycles. The summed E-state index contributed by atoms with van der Waals surface area (Å²) >= 11 is 0. The number of hydrogen-bond acceptors (Lipinski definition) is 6. The van der Waals surface area contributed by atoms with E-state index >= 15 is 0 Å². The van der Waals surface area contributed by atoms with Crippen molar-refractivity contribution in [2.24, 2.45) is 0 Å². The summed E-state index contributed by atoms with van der Waals surface area (Å²) in [5.74, 6) is 1.28. The van der Waals surface area contributed by atoms with Gasteiger partial charge in [-0.1, -0.05) is 59.8 Å². The molecule has 5 rings (SSSR count). The first-order valence-electron chi connectivity index (χ1n) is 12.3. The molecule has 1 aromatic heterocycles. The lowest BCUT2D eigenvalue weighted by Crippen LogP contribution is -2.50. The van der Waals surface area contributed by atoms with Crippen LogP contribution in [0, 0.1) is 0 Å². The van der Waals surface area contributed by atoms with Gasteiger partial charge in [0, 0.05) is 45.2 Å². The second-order valence-electron chi connectivity index (χ2n) is 9.30. The number of amides is 2. The van der Waals surface area contributed by atoms with Crippen LogP contribution in [0.1, 0.15) is 49.4 Å². The molecule has 0 N–H and O–H groups in total. The molecule has 0 saturated carbocycles. The summed E-state index contributed by atoms with van der Waals surface area (Å²) in [5.41, 5.74) is 3.25. The third-order valence-corrected chi connectivity index (χ3v) is 7.23. The highest BCUT2D eigenvalue weighted by Crippen LogP contribution is 2.33. The van der Waals surface area contributed by atoms with Gasteiger partial charge in [-0.2, -0.15) is 4.98 Å². The predicted molar refractivity (Wildman–Crippen MR) is 131 cm³/mol. The Morgan fingerprint density at radius 1 is 1.00 bits per heavy atom. The molecule has 1 saturated heterocycles. The summed E-state index contributed by atoms with van der Waals surface area (Å²) < 4.78 is 5.56. The fourth-order valence-electron chi connectivity index (χ4n) is 5.17. The van der Waals surface area contributed by atoms with Crippen molar-refractivity contribution < 1.29 is 14.1 Å². The number of carbonyl (C=O) groups is 2. The van der Waals surface area contributed by atoms with Crippen LogP contribution in [0.25, 0.3) is 11.4 Å². The van der Waals surface area contributed by atoms with Gasteiger partial charge < -0.3 is 14.3 Å². The average molecular weight is 474 g/mol. The van der Waals surface area contributed by atoms with Crippen LogP contribution in [0.2, 0.25) is 0 Å². The van der Waals surface area contributed by atoms with E-state index < -0.39 is 0 Å². The molecular weight excluding hydrogens is 442 g/mol. The molecule has 2 atom stereocenters. The minimum atomic E-state index is -0.197. The smallest absolute Gasteiger partial charge is 0.244 e. The summed E-state index contributed by atoms with van der Waals surface area (Å²) in [6.45, 7) is 7.04. The average Bonchev–Trinajstić information content (AvgIpc) is 3.39. The molecule has 0 bridgehead atoms. The van der Waals surface area contributed by atoms with Crippen LogP contribution in [-0.4, -0.2) is 69.4 Å². The van der Waals surface area contributed by atoms with Gasteiger partial charge in [-0.15, -0.1) is 0 Å². The number of carbonyl (C=O) groups excluding carboxylic acids is 2. The summed E-state index contributed by atoms with van der Waals surface area (Å²) in [5, 5.41) is 4.14. The van der Waals surface area contributed by atoms with Crippen molar-refractivity contribution in [3.05, 3.63) is 71.6 Å². The van der Waals surface area contributed by atoms with Gasteiger partial charge in [0.1, 0.15) is 0 Å². The fourth-order valence-corrected chi connectivity index (χ4v) is 5.17. The second-order valence-corrected chi connectivity index (χ2v) is 9.30. The molecule has 8 nitrogen and oxygen atoms in total. The first-order chi connectivity index (χ1) is 17.0. The Labute approximate surface area is 205 Å². The molecule has 2 aliphatic rings. The molecular formula is C27H31N5O3. The van der Waals surface area contributed by atoms with Crippen molar-refractivity contribution in [3.8, 4) is 11.4 Å². The van der Waals surface area contributed by atoms with E-state index in [1.165, 1.54) is 5.56 Å². The third-order valence-electron chi connectivity index (χ3n) is 7.23. The zero-order valence-corrected chi connectivity index (χ0v) is 20.3. The van der Waals surface area contributed by atoms with Crippen molar-refractivity contribution in [1.29, 1.82) is 0 Å².